The molecular formula is C10H9N3. The minimum atomic E-state index is 0.946. The van der Waals surface area contributed by atoms with Gasteiger partial charge in [-0.25, -0.2) is 4.99 Å². The molecule has 64 valence electrons. The first-order chi connectivity index (χ1) is 6.29. The van der Waals surface area contributed by atoms with Crippen molar-refractivity contribution in [1.82, 2.24) is 4.98 Å². The number of pyridine rings is 1. The van der Waals surface area contributed by atoms with Gasteiger partial charge in [0.1, 0.15) is 6.34 Å². The fraction of sp³-hybridized carbons (Fsp3) is 0.200. The highest BCUT2D eigenvalue weighted by Gasteiger charge is 2.06. The molecule has 0 aliphatic carbocycles. The van der Waals surface area contributed by atoms with Crippen LogP contribution in [0.5, 0.6) is 0 Å². The molecule has 13 heavy (non-hydrogen) atoms. The van der Waals surface area contributed by atoms with Gasteiger partial charge >= 0.3 is 0 Å². The molecule has 2 rings (SSSR count). The summed E-state index contributed by atoms with van der Waals surface area (Å²) in [6, 6.07) is 0. The lowest BCUT2D eigenvalue weighted by atomic mass is 10.1. The third-order valence-electron chi connectivity index (χ3n) is 2.11. The van der Waals surface area contributed by atoms with Crippen molar-refractivity contribution in [2.24, 2.45) is 9.98 Å². The van der Waals surface area contributed by atoms with Crippen molar-refractivity contribution in [2.45, 2.75) is 13.8 Å². The van der Waals surface area contributed by atoms with E-state index in [1.165, 1.54) is 6.34 Å². The SMILES string of the molecule is Cc1ncc2c(c1C)N=CN=C=C2. The Labute approximate surface area is 76.6 Å². The van der Waals surface area contributed by atoms with Crippen LogP contribution in [0, 0.1) is 13.8 Å². The minimum absolute atomic E-state index is 0.946. The molecule has 1 aliphatic heterocycles. The first kappa shape index (κ1) is 7.90. The van der Waals surface area contributed by atoms with Crippen LogP contribution in [0.4, 0.5) is 5.69 Å². The van der Waals surface area contributed by atoms with E-state index >= 15 is 0 Å². The van der Waals surface area contributed by atoms with Gasteiger partial charge in [-0.15, -0.1) is 0 Å². The second-order valence-corrected chi connectivity index (χ2v) is 2.92. The van der Waals surface area contributed by atoms with Crippen LogP contribution in [0.2, 0.25) is 0 Å². The molecule has 0 saturated heterocycles. The number of nitrogens with zero attached hydrogens (tertiary/aromatic N) is 3. The van der Waals surface area contributed by atoms with E-state index in [1.807, 2.05) is 13.8 Å². The molecule has 0 N–H and O–H groups in total. The summed E-state index contributed by atoms with van der Waals surface area (Å²) in [5.41, 5.74) is 4.02. The monoisotopic (exact) mass is 171 g/mol. The maximum atomic E-state index is 4.25. The van der Waals surface area contributed by atoms with E-state index < -0.39 is 0 Å². The summed E-state index contributed by atoms with van der Waals surface area (Å²) in [5, 5.41) is 0. The molecule has 0 unspecified atom stereocenters. The average Bonchev–Trinajstić information content (AvgIpc) is 2.36. The van der Waals surface area contributed by atoms with E-state index in [9.17, 15) is 0 Å². The van der Waals surface area contributed by atoms with Crippen LogP contribution in [-0.4, -0.2) is 17.2 Å². The number of aryl methyl sites for hydroxylation is 1. The quantitative estimate of drug-likeness (QED) is 0.588. The Morgan fingerprint density at radius 3 is 3.00 bits per heavy atom. The molecule has 1 aliphatic rings. The van der Waals surface area contributed by atoms with Gasteiger partial charge in [0.05, 0.1) is 5.69 Å². The lowest BCUT2D eigenvalue weighted by Crippen LogP contribution is -1.89. The second-order valence-electron chi connectivity index (χ2n) is 2.92. The van der Waals surface area contributed by atoms with Gasteiger partial charge in [0.25, 0.3) is 0 Å². The smallest absolute Gasteiger partial charge is 0.126 e. The number of hydrogen-bond acceptors (Lipinski definition) is 3. The van der Waals surface area contributed by atoms with Crippen molar-refractivity contribution >= 4 is 24.0 Å². The molecular weight excluding hydrogens is 162 g/mol. The summed E-state index contributed by atoms with van der Waals surface area (Å²) in [6.45, 7) is 3.98. The Morgan fingerprint density at radius 2 is 2.15 bits per heavy atom. The summed E-state index contributed by atoms with van der Waals surface area (Å²) < 4.78 is 0. The molecule has 0 spiro atoms. The van der Waals surface area contributed by atoms with Gasteiger partial charge in [0, 0.05) is 23.5 Å². The normalized spacial score (nSPS) is 12.8. The van der Waals surface area contributed by atoms with Gasteiger partial charge in [-0.1, -0.05) is 0 Å². The Bertz CT molecular complexity index is 438. The van der Waals surface area contributed by atoms with Crippen molar-refractivity contribution in [3.05, 3.63) is 23.0 Å². The van der Waals surface area contributed by atoms with E-state index in [4.69, 9.17) is 0 Å². The molecule has 0 saturated carbocycles. The maximum absolute atomic E-state index is 4.25. The highest BCUT2D eigenvalue weighted by atomic mass is 14.9. The van der Waals surface area contributed by atoms with E-state index in [1.54, 1.807) is 12.3 Å². The van der Waals surface area contributed by atoms with Gasteiger partial charge < -0.3 is 0 Å². The standard InChI is InChI=1S/C10H9N3/c1-7-8(2)12-5-9-3-4-11-6-13-10(7)9/h3,5-6H,1-2H3. The third kappa shape index (κ3) is 1.30. The molecule has 1 aromatic rings. The van der Waals surface area contributed by atoms with Crippen LogP contribution in [0.1, 0.15) is 16.8 Å². The molecule has 0 amide bonds. The van der Waals surface area contributed by atoms with E-state index in [0.29, 0.717) is 0 Å². The van der Waals surface area contributed by atoms with Gasteiger partial charge in [0.2, 0.25) is 0 Å². The molecule has 0 bridgehead atoms. The van der Waals surface area contributed by atoms with E-state index in [2.05, 4.69) is 20.8 Å². The lowest BCUT2D eigenvalue weighted by Gasteiger charge is -2.04. The zero-order chi connectivity index (χ0) is 9.26. The Morgan fingerprint density at radius 1 is 1.31 bits per heavy atom. The summed E-state index contributed by atoms with van der Waals surface area (Å²) in [5.74, 6) is 2.76. The number of aliphatic imine (C=N–C) groups is 2. The summed E-state index contributed by atoms with van der Waals surface area (Å²) in [7, 11) is 0. The number of aromatic nitrogens is 1. The Kier molecular flexibility index (Phi) is 1.80. The van der Waals surface area contributed by atoms with E-state index in [0.717, 1.165) is 22.5 Å². The summed E-state index contributed by atoms with van der Waals surface area (Å²) >= 11 is 0. The Hall–Kier alpha value is -1.73. The topological polar surface area (TPSA) is 37.6 Å². The van der Waals surface area contributed by atoms with Crippen molar-refractivity contribution in [1.29, 1.82) is 0 Å². The molecule has 0 atom stereocenters. The van der Waals surface area contributed by atoms with Gasteiger partial charge in [-0.2, -0.15) is 4.99 Å². The third-order valence-corrected chi connectivity index (χ3v) is 2.11. The van der Waals surface area contributed by atoms with Crippen LogP contribution in [-0.2, 0) is 0 Å². The van der Waals surface area contributed by atoms with Crippen LogP contribution in [0.15, 0.2) is 16.2 Å². The maximum Gasteiger partial charge on any atom is 0.126 e. The van der Waals surface area contributed by atoms with Crippen molar-refractivity contribution in [3.63, 3.8) is 0 Å². The number of fused-ring (bicyclic) bond motifs is 1. The zero-order valence-electron chi connectivity index (χ0n) is 7.57. The molecule has 2 heterocycles. The molecule has 0 aromatic carbocycles. The fourth-order valence-corrected chi connectivity index (χ4v) is 1.22. The van der Waals surface area contributed by atoms with Gasteiger partial charge in [-0.05, 0) is 25.3 Å². The first-order valence-electron chi connectivity index (χ1n) is 4.06. The average molecular weight is 171 g/mol. The van der Waals surface area contributed by atoms with Gasteiger partial charge in [-0.3, -0.25) is 4.98 Å². The number of hydrogen-bond donors (Lipinski definition) is 0. The van der Waals surface area contributed by atoms with E-state index in [-0.39, 0.29) is 0 Å². The van der Waals surface area contributed by atoms with Crippen molar-refractivity contribution < 1.29 is 0 Å². The predicted molar refractivity (Wildman–Crippen MR) is 53.8 cm³/mol. The highest BCUT2D eigenvalue weighted by molar-refractivity contribution is 5.90. The Balaban J connectivity index is 2.74. The van der Waals surface area contributed by atoms with Gasteiger partial charge in [0.15, 0.2) is 0 Å². The molecule has 3 heteroatoms. The molecule has 0 radical (unpaired) electrons. The van der Waals surface area contributed by atoms with Crippen LogP contribution in [0.25, 0.3) is 6.08 Å². The van der Waals surface area contributed by atoms with Crippen LogP contribution < -0.4 is 0 Å². The fourth-order valence-electron chi connectivity index (χ4n) is 1.22. The van der Waals surface area contributed by atoms with Crippen LogP contribution >= 0.6 is 0 Å². The molecule has 1 aromatic heterocycles. The number of rotatable bonds is 0. The molecule has 3 nitrogen and oxygen atoms in total. The molecule has 0 fully saturated rings. The minimum Gasteiger partial charge on any atom is -0.261 e. The van der Waals surface area contributed by atoms with Crippen molar-refractivity contribution in [3.8, 4) is 0 Å². The van der Waals surface area contributed by atoms with Crippen LogP contribution in [0.3, 0.4) is 0 Å². The second kappa shape index (κ2) is 2.96. The first-order valence-corrected chi connectivity index (χ1v) is 4.06. The zero-order valence-corrected chi connectivity index (χ0v) is 7.57. The highest BCUT2D eigenvalue weighted by Crippen LogP contribution is 2.26. The summed E-state index contributed by atoms with van der Waals surface area (Å²) in [4.78, 5) is 12.3. The van der Waals surface area contributed by atoms with Crippen molar-refractivity contribution in [2.75, 3.05) is 0 Å². The summed E-state index contributed by atoms with van der Waals surface area (Å²) in [6.07, 6.45) is 5.10. The lowest BCUT2D eigenvalue weighted by molar-refractivity contribution is 1.14. The largest absolute Gasteiger partial charge is 0.261 e. The predicted octanol–water partition coefficient (Wildman–Crippen LogP) is 2.05.